The third kappa shape index (κ3) is 4.94. The van der Waals surface area contributed by atoms with Crippen LogP contribution in [0, 0.1) is 6.92 Å². The van der Waals surface area contributed by atoms with Crippen LogP contribution in [-0.4, -0.2) is 70.4 Å². The van der Waals surface area contributed by atoms with Crippen LogP contribution in [0.15, 0.2) is 55.0 Å². The number of carbonyl (C=O) groups is 1. The fraction of sp³-hybridized carbons (Fsp3) is 0.407. The van der Waals surface area contributed by atoms with Gasteiger partial charge in [-0.25, -0.2) is 4.98 Å². The van der Waals surface area contributed by atoms with Crippen LogP contribution in [0.25, 0.3) is 0 Å². The van der Waals surface area contributed by atoms with Crippen LogP contribution in [-0.2, 0) is 6.42 Å². The lowest BCUT2D eigenvalue weighted by atomic mass is 10.1. The molecule has 2 saturated heterocycles. The molecule has 7 nitrogen and oxygen atoms in total. The summed E-state index contributed by atoms with van der Waals surface area (Å²) < 4.78 is 0. The average Bonchev–Trinajstić information content (AvgIpc) is 3.34. The summed E-state index contributed by atoms with van der Waals surface area (Å²) in [5, 5.41) is 0. The molecular weight excluding hydrogens is 424 g/mol. The number of likely N-dealkylation sites (N-methyl/N-ethyl adjacent to an activating group) is 1. The number of likely N-dealkylation sites (tertiary alicyclic amines) is 1. The molecule has 4 heterocycles. The van der Waals surface area contributed by atoms with Crippen molar-refractivity contribution in [3.63, 3.8) is 0 Å². The standard InChI is InChI=1S/C27H32N6O/c1-20-5-3-6-21(15-20)16-23-18-28-19-24(30-23)25-7-4-10-33(25)27(34)22-8-9-29-26(17-22)32-13-11-31(2)12-14-32/h3,5-6,8-9,15,17-19,25H,4,7,10-14,16H2,1-2H3. The number of benzene rings is 1. The molecule has 1 atom stereocenters. The summed E-state index contributed by atoms with van der Waals surface area (Å²) in [4.78, 5) is 34.0. The number of rotatable bonds is 5. The summed E-state index contributed by atoms with van der Waals surface area (Å²) >= 11 is 0. The molecule has 176 valence electrons. The highest BCUT2D eigenvalue weighted by Crippen LogP contribution is 2.32. The number of anilines is 1. The van der Waals surface area contributed by atoms with Gasteiger partial charge < -0.3 is 14.7 Å². The van der Waals surface area contributed by atoms with Gasteiger partial charge >= 0.3 is 0 Å². The molecule has 0 saturated carbocycles. The van der Waals surface area contributed by atoms with Crippen LogP contribution in [0.1, 0.15) is 51.8 Å². The molecule has 5 rings (SSSR count). The van der Waals surface area contributed by atoms with Crippen LogP contribution in [0.4, 0.5) is 5.82 Å². The van der Waals surface area contributed by atoms with E-state index >= 15 is 0 Å². The van der Waals surface area contributed by atoms with E-state index in [2.05, 4.69) is 58.0 Å². The lowest BCUT2D eigenvalue weighted by Crippen LogP contribution is -2.44. The van der Waals surface area contributed by atoms with Crippen LogP contribution >= 0.6 is 0 Å². The molecule has 34 heavy (non-hydrogen) atoms. The summed E-state index contributed by atoms with van der Waals surface area (Å²) in [6, 6.07) is 12.2. The first-order valence-corrected chi connectivity index (χ1v) is 12.1. The molecule has 7 heteroatoms. The van der Waals surface area contributed by atoms with E-state index < -0.39 is 0 Å². The Hall–Kier alpha value is -3.32. The number of aryl methyl sites for hydroxylation is 1. The van der Waals surface area contributed by atoms with Crippen molar-refractivity contribution < 1.29 is 4.79 Å². The van der Waals surface area contributed by atoms with Gasteiger partial charge in [0.15, 0.2) is 0 Å². The lowest BCUT2D eigenvalue weighted by molar-refractivity contribution is 0.0732. The van der Waals surface area contributed by atoms with E-state index in [0.717, 1.165) is 69.2 Å². The molecule has 0 bridgehead atoms. The summed E-state index contributed by atoms with van der Waals surface area (Å²) in [6.07, 6.45) is 8.02. The summed E-state index contributed by atoms with van der Waals surface area (Å²) in [7, 11) is 2.14. The van der Waals surface area contributed by atoms with Crippen LogP contribution < -0.4 is 4.90 Å². The number of piperazine rings is 1. The smallest absolute Gasteiger partial charge is 0.254 e. The van der Waals surface area contributed by atoms with E-state index in [-0.39, 0.29) is 11.9 Å². The molecule has 2 aliphatic heterocycles. The molecule has 0 aliphatic carbocycles. The third-order valence-corrected chi connectivity index (χ3v) is 6.85. The predicted molar refractivity (Wildman–Crippen MR) is 133 cm³/mol. The van der Waals surface area contributed by atoms with Crippen molar-refractivity contribution in [2.45, 2.75) is 32.2 Å². The summed E-state index contributed by atoms with van der Waals surface area (Å²) in [5.74, 6) is 0.931. The maximum Gasteiger partial charge on any atom is 0.254 e. The zero-order chi connectivity index (χ0) is 23.5. The van der Waals surface area contributed by atoms with Gasteiger partial charge in [-0.3, -0.25) is 14.8 Å². The maximum absolute atomic E-state index is 13.6. The third-order valence-electron chi connectivity index (χ3n) is 6.85. The van der Waals surface area contributed by atoms with Gasteiger partial charge in [-0.2, -0.15) is 0 Å². The SMILES string of the molecule is Cc1cccc(Cc2cncc(C3CCCN3C(=O)c3ccnc(N4CCN(C)CC4)c3)n2)c1. The van der Waals surface area contributed by atoms with Crippen molar-refractivity contribution in [1.29, 1.82) is 0 Å². The van der Waals surface area contributed by atoms with E-state index in [9.17, 15) is 4.79 Å². The lowest BCUT2D eigenvalue weighted by Gasteiger charge is -2.33. The van der Waals surface area contributed by atoms with Gasteiger partial charge in [0.25, 0.3) is 5.91 Å². The highest BCUT2D eigenvalue weighted by Gasteiger charge is 2.32. The largest absolute Gasteiger partial charge is 0.354 e. The fourth-order valence-corrected chi connectivity index (χ4v) is 4.94. The highest BCUT2D eigenvalue weighted by molar-refractivity contribution is 5.95. The average molecular weight is 457 g/mol. The second kappa shape index (κ2) is 9.89. The Labute approximate surface area is 201 Å². The number of hydrogen-bond donors (Lipinski definition) is 0. The minimum Gasteiger partial charge on any atom is -0.354 e. The number of pyridine rings is 1. The first-order valence-electron chi connectivity index (χ1n) is 12.1. The van der Waals surface area contributed by atoms with Gasteiger partial charge in [0.2, 0.25) is 0 Å². The second-order valence-electron chi connectivity index (χ2n) is 9.45. The predicted octanol–water partition coefficient (Wildman–Crippen LogP) is 3.50. The number of nitrogens with zero attached hydrogens (tertiary/aromatic N) is 6. The monoisotopic (exact) mass is 456 g/mol. The van der Waals surface area contributed by atoms with Crippen LogP contribution in [0.2, 0.25) is 0 Å². The number of hydrogen-bond acceptors (Lipinski definition) is 6. The molecule has 1 unspecified atom stereocenters. The number of carbonyl (C=O) groups excluding carboxylic acids is 1. The minimum absolute atomic E-state index is 0.0438. The molecule has 2 aromatic heterocycles. The molecule has 2 aliphatic rings. The number of amides is 1. The van der Waals surface area contributed by atoms with E-state index in [1.165, 1.54) is 11.1 Å². The van der Waals surface area contributed by atoms with Gasteiger partial charge in [0.1, 0.15) is 5.82 Å². The van der Waals surface area contributed by atoms with Crippen molar-refractivity contribution in [3.8, 4) is 0 Å². The molecule has 2 fully saturated rings. The molecule has 0 spiro atoms. The van der Waals surface area contributed by atoms with E-state index in [4.69, 9.17) is 4.98 Å². The molecule has 3 aromatic rings. The number of aromatic nitrogens is 3. The van der Waals surface area contributed by atoms with Crippen molar-refractivity contribution in [2.24, 2.45) is 0 Å². The van der Waals surface area contributed by atoms with E-state index in [1.54, 1.807) is 6.20 Å². The van der Waals surface area contributed by atoms with Gasteiger partial charge in [0.05, 0.1) is 23.6 Å². The van der Waals surface area contributed by atoms with E-state index in [0.29, 0.717) is 5.56 Å². The Balaban J connectivity index is 1.33. The van der Waals surface area contributed by atoms with Gasteiger partial charge in [-0.15, -0.1) is 0 Å². The molecule has 0 N–H and O–H groups in total. The first kappa shape index (κ1) is 22.5. The van der Waals surface area contributed by atoms with Gasteiger partial charge in [-0.05, 0) is 44.5 Å². The molecular formula is C27H32N6O. The summed E-state index contributed by atoms with van der Waals surface area (Å²) in [6.45, 7) is 6.70. The van der Waals surface area contributed by atoms with Gasteiger partial charge in [0, 0.05) is 57.1 Å². The first-order chi connectivity index (χ1) is 16.6. The molecule has 1 amide bonds. The molecule has 1 aromatic carbocycles. The Bertz CT molecular complexity index is 1160. The Morgan fingerprint density at radius 3 is 2.74 bits per heavy atom. The minimum atomic E-state index is -0.0438. The Morgan fingerprint density at radius 2 is 1.91 bits per heavy atom. The fourth-order valence-electron chi connectivity index (χ4n) is 4.94. The normalized spacial score (nSPS) is 18.9. The van der Waals surface area contributed by atoms with E-state index in [1.807, 2.05) is 29.4 Å². The zero-order valence-electron chi connectivity index (χ0n) is 20.0. The quantitative estimate of drug-likeness (QED) is 0.586. The van der Waals surface area contributed by atoms with Crippen molar-refractivity contribution in [1.82, 2.24) is 24.8 Å². The van der Waals surface area contributed by atoms with Crippen molar-refractivity contribution in [2.75, 3.05) is 44.7 Å². The Kier molecular flexibility index (Phi) is 6.54. The summed E-state index contributed by atoms with van der Waals surface area (Å²) in [5.41, 5.74) is 4.97. The van der Waals surface area contributed by atoms with Crippen LogP contribution in [0.3, 0.4) is 0 Å². The van der Waals surface area contributed by atoms with Crippen molar-refractivity contribution in [3.05, 3.63) is 83.1 Å². The molecule has 0 radical (unpaired) electrons. The van der Waals surface area contributed by atoms with Crippen molar-refractivity contribution >= 4 is 11.7 Å². The Morgan fingerprint density at radius 1 is 1.06 bits per heavy atom. The van der Waals surface area contributed by atoms with Gasteiger partial charge in [-0.1, -0.05) is 29.8 Å². The second-order valence-corrected chi connectivity index (χ2v) is 9.45. The zero-order valence-corrected chi connectivity index (χ0v) is 20.0. The van der Waals surface area contributed by atoms with Crippen LogP contribution in [0.5, 0.6) is 0 Å². The topological polar surface area (TPSA) is 65.5 Å². The maximum atomic E-state index is 13.6. The highest BCUT2D eigenvalue weighted by atomic mass is 16.2.